The van der Waals surface area contributed by atoms with Crippen LogP contribution in [0, 0.1) is 0 Å². The van der Waals surface area contributed by atoms with E-state index in [-0.39, 0.29) is 13.3 Å². The molecule has 0 bridgehead atoms. The number of aliphatic hydroxyl groups is 1. The maximum atomic E-state index is 11.7. The highest BCUT2D eigenvalue weighted by Gasteiger charge is 2.14. The maximum absolute atomic E-state index is 11.7. The Labute approximate surface area is 157 Å². The third kappa shape index (κ3) is 4.35. The van der Waals surface area contributed by atoms with E-state index in [4.69, 9.17) is 9.47 Å². The fourth-order valence-electron chi connectivity index (χ4n) is 2.89. The van der Waals surface area contributed by atoms with Gasteiger partial charge < -0.3 is 19.1 Å². The Kier molecular flexibility index (Phi) is 5.88. The van der Waals surface area contributed by atoms with Gasteiger partial charge in [-0.25, -0.2) is 9.78 Å². The second-order valence-corrected chi connectivity index (χ2v) is 6.05. The number of fused-ring (bicyclic) bond motifs is 1. The van der Waals surface area contributed by atoms with E-state index in [0.717, 1.165) is 23.0 Å². The number of aliphatic hydroxyl groups excluding tert-OH is 1. The van der Waals surface area contributed by atoms with E-state index in [0.29, 0.717) is 5.82 Å². The predicted molar refractivity (Wildman–Crippen MR) is 103 cm³/mol. The first-order valence-electron chi connectivity index (χ1n) is 8.72. The van der Waals surface area contributed by atoms with Crippen LogP contribution in [0.2, 0.25) is 0 Å². The van der Waals surface area contributed by atoms with E-state index < -0.39 is 11.7 Å². The minimum atomic E-state index is -0.779. The van der Waals surface area contributed by atoms with Gasteiger partial charge in [-0.1, -0.05) is 36.4 Å². The van der Waals surface area contributed by atoms with E-state index in [9.17, 15) is 9.90 Å². The molecule has 140 valence electrons. The van der Waals surface area contributed by atoms with Crippen LogP contribution in [0.1, 0.15) is 23.9 Å². The van der Waals surface area contributed by atoms with E-state index in [1.807, 2.05) is 36.4 Å². The molecule has 0 aliphatic rings. The predicted octanol–water partition coefficient (Wildman–Crippen LogP) is 3.69. The minimum absolute atomic E-state index is 0.189. The number of esters is 1. The number of carbonyl (C=O) groups is 1. The van der Waals surface area contributed by atoms with E-state index >= 15 is 0 Å². The van der Waals surface area contributed by atoms with Crippen LogP contribution in [-0.2, 0) is 27.4 Å². The zero-order chi connectivity index (χ0) is 19.2. The van der Waals surface area contributed by atoms with Crippen molar-refractivity contribution in [3.05, 3.63) is 71.2 Å². The van der Waals surface area contributed by atoms with Crippen LogP contribution >= 0.6 is 0 Å². The van der Waals surface area contributed by atoms with E-state index in [1.165, 1.54) is 11.6 Å². The molecular weight excluding hydrogens is 344 g/mol. The van der Waals surface area contributed by atoms with Gasteiger partial charge in [-0.05, 0) is 36.6 Å². The van der Waals surface area contributed by atoms with Gasteiger partial charge in [0.25, 0.3) is 0 Å². The lowest BCUT2D eigenvalue weighted by atomic mass is 10.0. The summed E-state index contributed by atoms with van der Waals surface area (Å²) in [4.78, 5) is 16.2. The summed E-state index contributed by atoms with van der Waals surface area (Å²) in [5.41, 5.74) is 3.98. The van der Waals surface area contributed by atoms with Crippen LogP contribution in [0.5, 0.6) is 0 Å². The molecule has 2 aromatic carbocycles. The topological polar surface area (TPSA) is 73.6 Å². The van der Waals surface area contributed by atoms with Crippen molar-refractivity contribution in [3.63, 3.8) is 0 Å². The van der Waals surface area contributed by atoms with Crippen LogP contribution in [-0.4, -0.2) is 34.3 Å². The summed E-state index contributed by atoms with van der Waals surface area (Å²) in [6, 6.07) is 16.2. The summed E-state index contributed by atoms with van der Waals surface area (Å²) in [6.07, 6.45) is 2.10. The van der Waals surface area contributed by atoms with E-state index in [2.05, 4.69) is 17.1 Å². The van der Waals surface area contributed by atoms with Crippen molar-refractivity contribution in [2.24, 2.45) is 0 Å². The molecule has 3 rings (SSSR count). The standard InChI is InChI=1S/C21H22N2O4/c1-3-27-21(25)19(24)13-20-22-17-10-9-16(11-15-7-5-4-6-8-15)12-18(17)23(20)14-26-2/h4-10,12-13,24H,3,11,14H2,1-2H3/b19-13-. The third-order valence-corrected chi connectivity index (χ3v) is 4.10. The highest BCUT2D eigenvalue weighted by atomic mass is 16.5. The first-order chi connectivity index (χ1) is 13.1. The zero-order valence-corrected chi connectivity index (χ0v) is 15.4. The minimum Gasteiger partial charge on any atom is -0.502 e. The summed E-state index contributed by atoms with van der Waals surface area (Å²) in [6.45, 7) is 2.11. The first kappa shape index (κ1) is 18.7. The van der Waals surface area contributed by atoms with Crippen molar-refractivity contribution >= 4 is 23.1 Å². The molecule has 0 aliphatic heterocycles. The quantitative estimate of drug-likeness (QED) is 0.392. The molecule has 1 heterocycles. The highest BCUT2D eigenvalue weighted by molar-refractivity contribution is 5.91. The number of imidazole rings is 1. The number of methoxy groups -OCH3 is 1. The van der Waals surface area contributed by atoms with Gasteiger partial charge in [0, 0.05) is 13.2 Å². The van der Waals surface area contributed by atoms with Gasteiger partial charge in [0.05, 0.1) is 17.6 Å². The number of hydrogen-bond donors (Lipinski definition) is 1. The molecular formula is C21H22N2O4. The fourth-order valence-corrected chi connectivity index (χ4v) is 2.89. The summed E-state index contributed by atoms with van der Waals surface area (Å²) < 4.78 is 11.9. The molecule has 1 N–H and O–H groups in total. The molecule has 27 heavy (non-hydrogen) atoms. The normalized spacial score (nSPS) is 11.7. The number of hydrogen-bond acceptors (Lipinski definition) is 5. The Bertz CT molecular complexity index is 961. The average molecular weight is 366 g/mol. The molecule has 1 aromatic heterocycles. The van der Waals surface area contributed by atoms with Gasteiger partial charge in [-0.15, -0.1) is 0 Å². The first-order valence-corrected chi connectivity index (χ1v) is 8.72. The van der Waals surface area contributed by atoms with Crippen molar-refractivity contribution in [1.29, 1.82) is 0 Å². The fraction of sp³-hybridized carbons (Fsp3) is 0.238. The van der Waals surface area contributed by atoms with Crippen molar-refractivity contribution in [3.8, 4) is 0 Å². The Morgan fingerprint density at radius 2 is 1.96 bits per heavy atom. The summed E-state index contributed by atoms with van der Waals surface area (Å²) in [5.74, 6) is -0.846. The molecule has 6 nitrogen and oxygen atoms in total. The number of nitrogens with zero attached hydrogens (tertiary/aromatic N) is 2. The summed E-state index contributed by atoms with van der Waals surface area (Å²) >= 11 is 0. The summed E-state index contributed by atoms with van der Waals surface area (Å²) in [7, 11) is 1.58. The smallest absolute Gasteiger partial charge is 0.373 e. The maximum Gasteiger partial charge on any atom is 0.373 e. The van der Waals surface area contributed by atoms with Gasteiger partial charge >= 0.3 is 5.97 Å². The molecule has 0 amide bonds. The lowest BCUT2D eigenvalue weighted by Crippen LogP contribution is -2.08. The van der Waals surface area contributed by atoms with Crippen molar-refractivity contribution in [2.45, 2.75) is 20.1 Å². The number of carbonyl (C=O) groups excluding carboxylic acids is 1. The molecule has 0 saturated carbocycles. The zero-order valence-electron chi connectivity index (χ0n) is 15.4. The lowest BCUT2D eigenvalue weighted by molar-refractivity contribution is -0.141. The molecule has 3 aromatic rings. The second kappa shape index (κ2) is 8.51. The molecule has 0 fully saturated rings. The van der Waals surface area contributed by atoms with Gasteiger partial charge in [-0.2, -0.15) is 0 Å². The second-order valence-electron chi connectivity index (χ2n) is 6.05. The Morgan fingerprint density at radius 3 is 2.67 bits per heavy atom. The van der Waals surface area contributed by atoms with Gasteiger partial charge in [-0.3, -0.25) is 0 Å². The molecule has 0 spiro atoms. The molecule has 0 atom stereocenters. The van der Waals surface area contributed by atoms with Crippen molar-refractivity contribution in [1.82, 2.24) is 9.55 Å². The van der Waals surface area contributed by atoms with Crippen LogP contribution in [0.25, 0.3) is 17.1 Å². The molecule has 0 aliphatic carbocycles. The van der Waals surface area contributed by atoms with Crippen LogP contribution < -0.4 is 0 Å². The SMILES string of the molecule is CCOC(=O)/C(O)=C/c1nc2ccc(Cc3ccccc3)cc2n1COC. The van der Waals surface area contributed by atoms with E-state index in [1.54, 1.807) is 18.6 Å². The number of rotatable bonds is 7. The monoisotopic (exact) mass is 366 g/mol. The van der Waals surface area contributed by atoms with Gasteiger partial charge in [0.1, 0.15) is 12.6 Å². The van der Waals surface area contributed by atoms with Gasteiger partial charge in [0.15, 0.2) is 0 Å². The number of aromatic nitrogens is 2. The van der Waals surface area contributed by atoms with Crippen molar-refractivity contribution in [2.75, 3.05) is 13.7 Å². The van der Waals surface area contributed by atoms with Crippen molar-refractivity contribution < 1.29 is 19.4 Å². The molecule has 0 unspecified atom stereocenters. The lowest BCUT2D eigenvalue weighted by Gasteiger charge is -2.07. The van der Waals surface area contributed by atoms with Crippen LogP contribution in [0.15, 0.2) is 54.3 Å². The summed E-state index contributed by atoms with van der Waals surface area (Å²) in [5, 5.41) is 9.96. The third-order valence-electron chi connectivity index (χ3n) is 4.10. The number of ether oxygens (including phenoxy) is 2. The largest absolute Gasteiger partial charge is 0.502 e. The Morgan fingerprint density at radius 1 is 1.19 bits per heavy atom. The number of benzene rings is 2. The Balaban J connectivity index is 1.99. The highest BCUT2D eigenvalue weighted by Crippen LogP contribution is 2.21. The van der Waals surface area contributed by atoms with Crippen LogP contribution in [0.3, 0.4) is 0 Å². The van der Waals surface area contributed by atoms with Crippen LogP contribution in [0.4, 0.5) is 0 Å². The van der Waals surface area contributed by atoms with Gasteiger partial charge in [0.2, 0.25) is 5.76 Å². The molecule has 6 heteroatoms. The molecule has 0 saturated heterocycles. The average Bonchev–Trinajstić information content (AvgIpc) is 3.00. The Hall–Kier alpha value is -3.12. The molecule has 0 radical (unpaired) electrons.